The molecule has 0 aliphatic carbocycles. The largest absolute Gasteiger partial charge is 0.466 e. The van der Waals surface area contributed by atoms with Crippen LogP contribution in [-0.2, 0) is 16.1 Å². The van der Waals surface area contributed by atoms with E-state index in [1.54, 1.807) is 6.92 Å². The van der Waals surface area contributed by atoms with Crippen molar-refractivity contribution in [2.24, 2.45) is 5.92 Å². The summed E-state index contributed by atoms with van der Waals surface area (Å²) in [6.45, 7) is 3.59. The number of carbonyl (C=O) groups is 1. The fourth-order valence-corrected chi connectivity index (χ4v) is 1.74. The van der Waals surface area contributed by atoms with Crippen LogP contribution in [-0.4, -0.2) is 25.0 Å². The van der Waals surface area contributed by atoms with Crippen molar-refractivity contribution < 1.29 is 18.3 Å². The van der Waals surface area contributed by atoms with Crippen molar-refractivity contribution in [3.63, 3.8) is 0 Å². The molecule has 2 unspecified atom stereocenters. The van der Waals surface area contributed by atoms with Crippen molar-refractivity contribution in [1.29, 1.82) is 0 Å². The second kappa shape index (κ2) is 7.84. The molecule has 0 bridgehead atoms. The van der Waals surface area contributed by atoms with Gasteiger partial charge in [-0.25, -0.2) is 8.78 Å². The number of carbonyl (C=O) groups excluding carboxylic acids is 1. The van der Waals surface area contributed by atoms with Gasteiger partial charge in [0, 0.05) is 6.54 Å². The van der Waals surface area contributed by atoms with Gasteiger partial charge in [-0.1, -0.05) is 37.3 Å². The molecule has 0 fully saturated rings. The summed E-state index contributed by atoms with van der Waals surface area (Å²) in [6.07, 6.45) is -2.62. The average molecular weight is 271 g/mol. The number of nitrogens with one attached hydrogen (secondary N) is 1. The van der Waals surface area contributed by atoms with Crippen LogP contribution in [0.25, 0.3) is 0 Å². The first-order valence-electron chi connectivity index (χ1n) is 6.28. The number of esters is 1. The van der Waals surface area contributed by atoms with Crippen molar-refractivity contribution in [3.8, 4) is 0 Å². The predicted octanol–water partition coefficient (Wildman–Crippen LogP) is 2.61. The molecule has 0 saturated carbocycles. The van der Waals surface area contributed by atoms with E-state index in [0.29, 0.717) is 6.54 Å². The van der Waals surface area contributed by atoms with Gasteiger partial charge >= 0.3 is 5.97 Å². The van der Waals surface area contributed by atoms with E-state index >= 15 is 0 Å². The summed E-state index contributed by atoms with van der Waals surface area (Å²) in [6, 6.07) is 8.00. The van der Waals surface area contributed by atoms with Crippen molar-refractivity contribution >= 4 is 5.97 Å². The maximum atomic E-state index is 13.0. The second-order valence-electron chi connectivity index (χ2n) is 4.27. The highest BCUT2D eigenvalue weighted by atomic mass is 19.3. The SMILES string of the molecule is CCOC(=O)C(C)C(NCc1ccccc1)C(F)F. The molecule has 0 saturated heterocycles. The number of hydrogen-bond donors (Lipinski definition) is 1. The zero-order valence-corrected chi connectivity index (χ0v) is 11.1. The van der Waals surface area contributed by atoms with E-state index < -0.39 is 24.4 Å². The first kappa shape index (κ1) is 15.6. The third-order valence-electron chi connectivity index (χ3n) is 2.85. The molecule has 5 heteroatoms. The van der Waals surface area contributed by atoms with E-state index in [9.17, 15) is 13.6 Å². The Morgan fingerprint density at radius 3 is 2.47 bits per heavy atom. The molecule has 0 heterocycles. The van der Waals surface area contributed by atoms with Crippen molar-refractivity contribution in [3.05, 3.63) is 35.9 Å². The van der Waals surface area contributed by atoms with Gasteiger partial charge in [-0.3, -0.25) is 4.79 Å². The monoisotopic (exact) mass is 271 g/mol. The minimum atomic E-state index is -2.62. The summed E-state index contributed by atoms with van der Waals surface area (Å²) >= 11 is 0. The third kappa shape index (κ3) is 4.95. The molecule has 0 aromatic heterocycles. The van der Waals surface area contributed by atoms with Crippen LogP contribution in [0.1, 0.15) is 19.4 Å². The lowest BCUT2D eigenvalue weighted by molar-refractivity contribution is -0.150. The molecule has 0 spiro atoms. The van der Waals surface area contributed by atoms with E-state index in [1.165, 1.54) is 6.92 Å². The van der Waals surface area contributed by atoms with Gasteiger partial charge in [-0.2, -0.15) is 0 Å². The number of benzene rings is 1. The normalized spacial score (nSPS) is 14.2. The lowest BCUT2D eigenvalue weighted by Gasteiger charge is -2.23. The van der Waals surface area contributed by atoms with Crippen LogP contribution in [0.4, 0.5) is 8.78 Å². The molecule has 19 heavy (non-hydrogen) atoms. The molecule has 1 N–H and O–H groups in total. The van der Waals surface area contributed by atoms with Gasteiger partial charge in [0.2, 0.25) is 0 Å². The van der Waals surface area contributed by atoms with Gasteiger partial charge < -0.3 is 10.1 Å². The Morgan fingerprint density at radius 2 is 1.95 bits per heavy atom. The van der Waals surface area contributed by atoms with E-state index in [-0.39, 0.29) is 6.61 Å². The number of alkyl halides is 2. The van der Waals surface area contributed by atoms with E-state index in [1.807, 2.05) is 30.3 Å². The molecule has 0 aliphatic rings. The van der Waals surface area contributed by atoms with E-state index in [0.717, 1.165) is 5.56 Å². The van der Waals surface area contributed by atoms with Gasteiger partial charge in [0.05, 0.1) is 18.6 Å². The molecular formula is C14H19F2NO2. The number of ether oxygens (including phenoxy) is 1. The quantitative estimate of drug-likeness (QED) is 0.775. The Kier molecular flexibility index (Phi) is 6.42. The Balaban J connectivity index is 2.60. The summed E-state index contributed by atoms with van der Waals surface area (Å²) < 4.78 is 30.7. The zero-order chi connectivity index (χ0) is 14.3. The van der Waals surface area contributed by atoms with Crippen molar-refractivity contribution in [2.75, 3.05) is 6.61 Å². The van der Waals surface area contributed by atoms with Crippen molar-refractivity contribution in [1.82, 2.24) is 5.32 Å². The molecule has 1 aromatic rings. The summed E-state index contributed by atoms with van der Waals surface area (Å²) in [5, 5.41) is 2.72. The molecule has 0 radical (unpaired) electrons. The minimum absolute atomic E-state index is 0.192. The van der Waals surface area contributed by atoms with Crippen LogP contribution in [0.2, 0.25) is 0 Å². The van der Waals surface area contributed by atoms with Gasteiger partial charge in [0.1, 0.15) is 0 Å². The van der Waals surface area contributed by atoms with Crippen LogP contribution in [0.3, 0.4) is 0 Å². The number of hydrogen-bond acceptors (Lipinski definition) is 3. The second-order valence-corrected chi connectivity index (χ2v) is 4.27. The van der Waals surface area contributed by atoms with Gasteiger partial charge in [-0.05, 0) is 12.5 Å². The Labute approximate surface area is 112 Å². The van der Waals surface area contributed by atoms with Gasteiger partial charge in [-0.15, -0.1) is 0 Å². The molecule has 1 rings (SSSR count). The summed E-state index contributed by atoms with van der Waals surface area (Å²) in [5.74, 6) is -1.49. The van der Waals surface area contributed by atoms with E-state index in [4.69, 9.17) is 4.74 Å². The third-order valence-corrected chi connectivity index (χ3v) is 2.85. The maximum absolute atomic E-state index is 13.0. The van der Waals surface area contributed by atoms with Crippen LogP contribution in [0.15, 0.2) is 30.3 Å². The highest BCUT2D eigenvalue weighted by Crippen LogP contribution is 2.14. The Hall–Kier alpha value is -1.49. The first-order valence-corrected chi connectivity index (χ1v) is 6.28. The number of halogens is 2. The number of rotatable bonds is 7. The molecule has 2 atom stereocenters. The highest BCUT2D eigenvalue weighted by Gasteiger charge is 2.31. The molecule has 106 valence electrons. The van der Waals surface area contributed by atoms with Gasteiger partial charge in [0.15, 0.2) is 0 Å². The average Bonchev–Trinajstić information content (AvgIpc) is 2.39. The van der Waals surface area contributed by atoms with Crippen molar-refractivity contribution in [2.45, 2.75) is 32.9 Å². The predicted molar refractivity (Wildman–Crippen MR) is 68.9 cm³/mol. The van der Waals surface area contributed by atoms with Crippen LogP contribution in [0.5, 0.6) is 0 Å². The smallest absolute Gasteiger partial charge is 0.310 e. The fraction of sp³-hybridized carbons (Fsp3) is 0.500. The first-order chi connectivity index (χ1) is 9.06. The molecule has 3 nitrogen and oxygen atoms in total. The van der Waals surface area contributed by atoms with Crippen LogP contribution in [0, 0.1) is 5.92 Å². The summed E-state index contributed by atoms with van der Waals surface area (Å²) in [5.41, 5.74) is 0.893. The lowest BCUT2D eigenvalue weighted by atomic mass is 10.0. The van der Waals surface area contributed by atoms with Crippen LogP contribution >= 0.6 is 0 Å². The molecule has 0 aliphatic heterocycles. The molecular weight excluding hydrogens is 252 g/mol. The molecule has 1 aromatic carbocycles. The Bertz CT molecular complexity index is 384. The standard InChI is InChI=1S/C14H19F2NO2/c1-3-19-14(18)10(2)12(13(15)16)17-9-11-7-5-4-6-8-11/h4-8,10,12-13,17H,3,9H2,1-2H3. The zero-order valence-electron chi connectivity index (χ0n) is 11.1. The topological polar surface area (TPSA) is 38.3 Å². The van der Waals surface area contributed by atoms with E-state index in [2.05, 4.69) is 5.32 Å². The summed E-state index contributed by atoms with van der Waals surface area (Å²) in [7, 11) is 0. The summed E-state index contributed by atoms with van der Waals surface area (Å²) in [4.78, 5) is 11.5. The minimum Gasteiger partial charge on any atom is -0.466 e. The Morgan fingerprint density at radius 1 is 1.32 bits per heavy atom. The maximum Gasteiger partial charge on any atom is 0.310 e. The fourth-order valence-electron chi connectivity index (χ4n) is 1.74. The molecule has 0 amide bonds. The van der Waals surface area contributed by atoms with Crippen LogP contribution < -0.4 is 5.32 Å². The van der Waals surface area contributed by atoms with Gasteiger partial charge in [0.25, 0.3) is 6.43 Å². The lowest BCUT2D eigenvalue weighted by Crippen LogP contribution is -2.44. The highest BCUT2D eigenvalue weighted by molar-refractivity contribution is 5.72.